The number of fused-ring (bicyclic) bond motifs is 1. The highest BCUT2D eigenvalue weighted by atomic mass is 15.1. The van der Waals surface area contributed by atoms with Crippen molar-refractivity contribution in [3.05, 3.63) is 60.3 Å². The molecule has 0 saturated heterocycles. The van der Waals surface area contributed by atoms with Crippen LogP contribution in [0.2, 0.25) is 0 Å². The largest absolute Gasteiger partial charge is 0.336 e. The van der Waals surface area contributed by atoms with Gasteiger partial charge in [-0.1, -0.05) is 24.3 Å². The fourth-order valence-electron chi connectivity index (χ4n) is 2.06. The molecule has 3 aromatic rings. The van der Waals surface area contributed by atoms with Gasteiger partial charge in [-0.25, -0.2) is 4.98 Å². The van der Waals surface area contributed by atoms with Crippen LogP contribution in [0.15, 0.2) is 48.8 Å². The molecule has 1 unspecified atom stereocenters. The predicted octanol–water partition coefficient (Wildman–Crippen LogP) is 2.02. The number of aryl methyl sites for hydroxylation is 1. The van der Waals surface area contributed by atoms with E-state index in [0.29, 0.717) is 0 Å². The lowest BCUT2D eigenvalue weighted by atomic mass is 10.1. The van der Waals surface area contributed by atoms with Crippen LogP contribution < -0.4 is 5.73 Å². The standard InChI is InChI=1S/C14H14N4/c1-18-9-8-16-14(18)13(15)12-7-6-10-4-2-3-5-11(10)17-12/h2-9,13H,15H2,1H3. The van der Waals surface area contributed by atoms with Gasteiger partial charge in [-0.15, -0.1) is 0 Å². The van der Waals surface area contributed by atoms with Crippen molar-refractivity contribution in [1.82, 2.24) is 14.5 Å². The van der Waals surface area contributed by atoms with Crippen LogP contribution in [0.4, 0.5) is 0 Å². The number of imidazole rings is 1. The Balaban J connectivity index is 2.07. The fourth-order valence-corrected chi connectivity index (χ4v) is 2.06. The first-order valence-corrected chi connectivity index (χ1v) is 5.84. The van der Waals surface area contributed by atoms with Crippen LogP contribution in [0.1, 0.15) is 17.6 Å². The Morgan fingerprint density at radius 3 is 2.78 bits per heavy atom. The maximum absolute atomic E-state index is 6.21. The molecular formula is C14H14N4. The molecule has 90 valence electrons. The molecule has 18 heavy (non-hydrogen) atoms. The Bertz CT molecular complexity index is 687. The van der Waals surface area contributed by atoms with Gasteiger partial charge in [0.1, 0.15) is 11.9 Å². The predicted molar refractivity (Wildman–Crippen MR) is 71.0 cm³/mol. The first-order chi connectivity index (χ1) is 8.75. The lowest BCUT2D eigenvalue weighted by molar-refractivity contribution is 0.702. The highest BCUT2D eigenvalue weighted by molar-refractivity contribution is 5.78. The SMILES string of the molecule is Cn1ccnc1C(N)c1ccc2ccccc2n1. The summed E-state index contributed by atoms with van der Waals surface area (Å²) in [4.78, 5) is 8.86. The van der Waals surface area contributed by atoms with Gasteiger partial charge in [0.2, 0.25) is 0 Å². The zero-order chi connectivity index (χ0) is 12.5. The van der Waals surface area contributed by atoms with E-state index in [4.69, 9.17) is 5.73 Å². The summed E-state index contributed by atoms with van der Waals surface area (Å²) in [6, 6.07) is 11.7. The van der Waals surface area contributed by atoms with Gasteiger partial charge >= 0.3 is 0 Å². The van der Waals surface area contributed by atoms with Gasteiger partial charge in [0.05, 0.1) is 11.2 Å². The van der Waals surface area contributed by atoms with E-state index in [1.165, 1.54) is 0 Å². The van der Waals surface area contributed by atoms with Gasteiger partial charge in [-0.3, -0.25) is 4.98 Å². The molecule has 0 aliphatic heterocycles. The first-order valence-electron chi connectivity index (χ1n) is 5.84. The monoisotopic (exact) mass is 238 g/mol. The van der Waals surface area contributed by atoms with Crippen LogP contribution in [-0.4, -0.2) is 14.5 Å². The third kappa shape index (κ3) is 1.76. The van der Waals surface area contributed by atoms with Crippen molar-refractivity contribution < 1.29 is 0 Å². The van der Waals surface area contributed by atoms with Crippen LogP contribution in [0.3, 0.4) is 0 Å². The lowest BCUT2D eigenvalue weighted by Crippen LogP contribution is -2.17. The average Bonchev–Trinajstić information content (AvgIpc) is 2.83. The Hall–Kier alpha value is -2.20. The van der Waals surface area contributed by atoms with E-state index in [0.717, 1.165) is 22.4 Å². The van der Waals surface area contributed by atoms with E-state index < -0.39 is 0 Å². The molecule has 2 aromatic heterocycles. The average molecular weight is 238 g/mol. The summed E-state index contributed by atoms with van der Waals surface area (Å²) in [6.45, 7) is 0. The Morgan fingerprint density at radius 2 is 2.00 bits per heavy atom. The molecule has 3 rings (SSSR count). The molecular weight excluding hydrogens is 224 g/mol. The fraction of sp³-hybridized carbons (Fsp3) is 0.143. The van der Waals surface area contributed by atoms with Crippen molar-refractivity contribution in [3.8, 4) is 0 Å². The Labute approximate surface area is 105 Å². The zero-order valence-corrected chi connectivity index (χ0v) is 10.1. The van der Waals surface area contributed by atoms with E-state index in [1.54, 1.807) is 6.20 Å². The van der Waals surface area contributed by atoms with Crippen molar-refractivity contribution in [2.75, 3.05) is 0 Å². The quantitative estimate of drug-likeness (QED) is 0.743. The van der Waals surface area contributed by atoms with Gasteiger partial charge in [0.15, 0.2) is 0 Å². The molecule has 2 heterocycles. The van der Waals surface area contributed by atoms with Crippen LogP contribution in [0.5, 0.6) is 0 Å². The zero-order valence-electron chi connectivity index (χ0n) is 10.1. The van der Waals surface area contributed by atoms with E-state index >= 15 is 0 Å². The maximum Gasteiger partial charge on any atom is 0.131 e. The summed E-state index contributed by atoms with van der Waals surface area (Å²) in [5, 5.41) is 1.12. The number of nitrogens with zero attached hydrogens (tertiary/aromatic N) is 3. The molecule has 0 spiro atoms. The van der Waals surface area contributed by atoms with Crippen molar-refractivity contribution in [3.63, 3.8) is 0 Å². The number of nitrogens with two attached hydrogens (primary N) is 1. The topological polar surface area (TPSA) is 56.7 Å². The molecule has 0 saturated carbocycles. The van der Waals surface area contributed by atoms with Crippen LogP contribution in [0, 0.1) is 0 Å². The highest BCUT2D eigenvalue weighted by Gasteiger charge is 2.14. The maximum atomic E-state index is 6.21. The summed E-state index contributed by atoms with van der Waals surface area (Å²) >= 11 is 0. The second-order valence-corrected chi connectivity index (χ2v) is 4.30. The molecule has 0 fully saturated rings. The highest BCUT2D eigenvalue weighted by Crippen LogP contribution is 2.19. The summed E-state index contributed by atoms with van der Waals surface area (Å²) in [6.07, 6.45) is 3.63. The minimum absolute atomic E-state index is 0.297. The van der Waals surface area contributed by atoms with E-state index in [2.05, 4.69) is 9.97 Å². The number of aromatic nitrogens is 3. The Morgan fingerprint density at radius 1 is 1.17 bits per heavy atom. The van der Waals surface area contributed by atoms with Crippen molar-refractivity contribution in [2.24, 2.45) is 12.8 Å². The lowest BCUT2D eigenvalue weighted by Gasteiger charge is -2.11. The first kappa shape index (κ1) is 10.9. The summed E-state index contributed by atoms with van der Waals surface area (Å²) in [7, 11) is 1.93. The normalized spacial score (nSPS) is 12.8. The second-order valence-electron chi connectivity index (χ2n) is 4.30. The van der Waals surface area contributed by atoms with Gasteiger partial charge < -0.3 is 10.3 Å². The third-order valence-corrected chi connectivity index (χ3v) is 3.08. The van der Waals surface area contributed by atoms with E-state index in [-0.39, 0.29) is 6.04 Å². The van der Waals surface area contributed by atoms with Crippen LogP contribution >= 0.6 is 0 Å². The minimum Gasteiger partial charge on any atom is -0.336 e. The number of pyridine rings is 1. The van der Waals surface area contributed by atoms with Crippen molar-refractivity contribution >= 4 is 10.9 Å². The van der Waals surface area contributed by atoms with Crippen molar-refractivity contribution in [2.45, 2.75) is 6.04 Å². The van der Waals surface area contributed by atoms with Crippen LogP contribution in [0.25, 0.3) is 10.9 Å². The molecule has 0 aliphatic rings. The van der Waals surface area contributed by atoms with E-state index in [9.17, 15) is 0 Å². The third-order valence-electron chi connectivity index (χ3n) is 3.08. The van der Waals surface area contributed by atoms with Gasteiger partial charge in [0.25, 0.3) is 0 Å². The van der Waals surface area contributed by atoms with Gasteiger partial charge in [-0.05, 0) is 12.1 Å². The smallest absolute Gasteiger partial charge is 0.131 e. The van der Waals surface area contributed by atoms with Gasteiger partial charge in [-0.2, -0.15) is 0 Å². The molecule has 0 amide bonds. The number of rotatable bonds is 2. The molecule has 1 atom stereocenters. The summed E-state index contributed by atoms with van der Waals surface area (Å²) in [5.74, 6) is 0.817. The van der Waals surface area contributed by atoms with Crippen molar-refractivity contribution in [1.29, 1.82) is 0 Å². The molecule has 0 aliphatic carbocycles. The molecule has 2 N–H and O–H groups in total. The molecule has 4 heteroatoms. The number of benzene rings is 1. The molecule has 1 aromatic carbocycles. The Kier molecular flexibility index (Phi) is 2.57. The molecule has 0 radical (unpaired) electrons. The van der Waals surface area contributed by atoms with Crippen LogP contribution in [-0.2, 0) is 7.05 Å². The molecule has 4 nitrogen and oxygen atoms in total. The second kappa shape index (κ2) is 4.23. The number of para-hydroxylation sites is 1. The van der Waals surface area contributed by atoms with Gasteiger partial charge in [0, 0.05) is 24.8 Å². The number of hydrogen-bond donors (Lipinski definition) is 1. The minimum atomic E-state index is -0.297. The molecule has 0 bridgehead atoms. The summed E-state index contributed by atoms with van der Waals surface area (Å²) in [5.41, 5.74) is 8.00. The van der Waals surface area contributed by atoms with E-state index in [1.807, 2.05) is 54.2 Å². The number of hydrogen-bond acceptors (Lipinski definition) is 3. The summed E-state index contributed by atoms with van der Waals surface area (Å²) < 4.78 is 1.92.